The summed E-state index contributed by atoms with van der Waals surface area (Å²) in [4.78, 5) is 14.1. The van der Waals surface area contributed by atoms with Crippen LogP contribution in [0.4, 0.5) is 10.1 Å². The number of hydrogen-bond donors (Lipinski definition) is 2. The fourth-order valence-electron chi connectivity index (χ4n) is 3.16. The summed E-state index contributed by atoms with van der Waals surface area (Å²) in [6.07, 6.45) is 0.571. The van der Waals surface area contributed by atoms with Crippen LogP contribution in [0.2, 0.25) is 0 Å². The van der Waals surface area contributed by atoms with Crippen molar-refractivity contribution in [3.8, 4) is 0 Å². The van der Waals surface area contributed by atoms with E-state index in [1.54, 1.807) is 37.3 Å². The summed E-state index contributed by atoms with van der Waals surface area (Å²) in [6, 6.07) is 10.6. The van der Waals surface area contributed by atoms with Gasteiger partial charge in [-0.3, -0.25) is 4.79 Å². The van der Waals surface area contributed by atoms with Crippen LogP contribution in [-0.2, 0) is 21.4 Å². The number of sulfonamides is 1. The second kappa shape index (κ2) is 7.14. The summed E-state index contributed by atoms with van der Waals surface area (Å²) >= 11 is 0. The SMILES string of the molecule is Cc1cc(CNC2CCN(c3ccccc3F)C2=O)ccc1S(N)(=O)=O. The van der Waals surface area contributed by atoms with E-state index in [1.807, 2.05) is 0 Å². The lowest BCUT2D eigenvalue weighted by molar-refractivity contribution is -0.118. The van der Waals surface area contributed by atoms with Crippen molar-refractivity contribution in [2.45, 2.75) is 30.8 Å². The number of nitrogens with one attached hydrogen (secondary N) is 1. The van der Waals surface area contributed by atoms with Crippen molar-refractivity contribution in [3.05, 3.63) is 59.4 Å². The fourth-order valence-corrected chi connectivity index (χ4v) is 3.93. The van der Waals surface area contributed by atoms with Crippen LogP contribution < -0.4 is 15.4 Å². The van der Waals surface area contributed by atoms with Crippen LogP contribution >= 0.6 is 0 Å². The van der Waals surface area contributed by atoms with Gasteiger partial charge in [-0.2, -0.15) is 0 Å². The van der Waals surface area contributed by atoms with E-state index in [-0.39, 0.29) is 16.5 Å². The highest BCUT2D eigenvalue weighted by molar-refractivity contribution is 7.89. The Morgan fingerprint density at radius 3 is 2.65 bits per heavy atom. The van der Waals surface area contributed by atoms with E-state index in [2.05, 4.69) is 5.32 Å². The van der Waals surface area contributed by atoms with Crippen molar-refractivity contribution in [1.82, 2.24) is 5.32 Å². The molecule has 1 saturated heterocycles. The van der Waals surface area contributed by atoms with Crippen molar-refractivity contribution in [3.63, 3.8) is 0 Å². The molecule has 1 aliphatic rings. The van der Waals surface area contributed by atoms with Gasteiger partial charge in [-0.1, -0.05) is 24.3 Å². The standard InChI is InChI=1S/C18H20FN3O3S/c1-12-10-13(6-7-17(12)26(20,24)25)11-21-15-8-9-22(18(15)23)16-5-3-2-4-14(16)19/h2-7,10,15,21H,8-9,11H2,1H3,(H2,20,24,25). The molecule has 1 amide bonds. The number of rotatable bonds is 5. The highest BCUT2D eigenvalue weighted by atomic mass is 32.2. The molecule has 2 aromatic rings. The van der Waals surface area contributed by atoms with Gasteiger partial charge in [0, 0.05) is 13.1 Å². The van der Waals surface area contributed by atoms with Crippen LogP contribution in [0, 0.1) is 12.7 Å². The topological polar surface area (TPSA) is 92.5 Å². The van der Waals surface area contributed by atoms with E-state index in [1.165, 1.54) is 17.0 Å². The Labute approximate surface area is 151 Å². The molecule has 0 spiro atoms. The largest absolute Gasteiger partial charge is 0.308 e. The minimum Gasteiger partial charge on any atom is -0.308 e. The number of anilines is 1. The van der Waals surface area contributed by atoms with Crippen molar-refractivity contribution in [2.75, 3.05) is 11.4 Å². The zero-order valence-corrected chi connectivity index (χ0v) is 15.1. The minimum atomic E-state index is -3.75. The van der Waals surface area contributed by atoms with Gasteiger partial charge in [0.2, 0.25) is 15.9 Å². The fraction of sp³-hybridized carbons (Fsp3) is 0.278. The first-order valence-corrected chi connectivity index (χ1v) is 9.73. The van der Waals surface area contributed by atoms with Gasteiger partial charge < -0.3 is 10.2 Å². The molecular formula is C18H20FN3O3S. The Hall–Kier alpha value is -2.29. The molecule has 0 aromatic heterocycles. The Kier molecular flexibility index (Phi) is 5.08. The Morgan fingerprint density at radius 2 is 2.00 bits per heavy atom. The molecule has 1 fully saturated rings. The van der Waals surface area contributed by atoms with Crippen molar-refractivity contribution in [1.29, 1.82) is 0 Å². The number of carbonyl (C=O) groups is 1. The Balaban J connectivity index is 1.67. The number of hydrogen-bond acceptors (Lipinski definition) is 4. The summed E-state index contributed by atoms with van der Waals surface area (Å²) < 4.78 is 36.8. The second-order valence-electron chi connectivity index (χ2n) is 6.31. The Bertz CT molecular complexity index is 946. The quantitative estimate of drug-likeness (QED) is 0.829. The zero-order chi connectivity index (χ0) is 18.9. The number of nitrogens with two attached hydrogens (primary N) is 1. The highest BCUT2D eigenvalue weighted by Gasteiger charge is 2.33. The van der Waals surface area contributed by atoms with Gasteiger partial charge >= 0.3 is 0 Å². The van der Waals surface area contributed by atoms with Crippen LogP contribution in [0.15, 0.2) is 47.4 Å². The third kappa shape index (κ3) is 3.77. The monoisotopic (exact) mass is 377 g/mol. The van der Waals surface area contributed by atoms with E-state index >= 15 is 0 Å². The molecule has 1 aliphatic heterocycles. The van der Waals surface area contributed by atoms with E-state index in [9.17, 15) is 17.6 Å². The smallest absolute Gasteiger partial charge is 0.244 e. The summed E-state index contributed by atoms with van der Waals surface area (Å²) in [5, 5.41) is 8.32. The number of primary sulfonamides is 1. The van der Waals surface area contributed by atoms with Crippen LogP contribution in [0.3, 0.4) is 0 Å². The highest BCUT2D eigenvalue weighted by Crippen LogP contribution is 2.24. The molecule has 1 heterocycles. The molecule has 138 valence electrons. The number of para-hydroxylation sites is 1. The van der Waals surface area contributed by atoms with Crippen molar-refractivity contribution < 1.29 is 17.6 Å². The Morgan fingerprint density at radius 1 is 1.27 bits per heavy atom. The van der Waals surface area contributed by atoms with E-state index in [0.717, 1.165) is 5.56 Å². The van der Waals surface area contributed by atoms with E-state index in [0.29, 0.717) is 25.1 Å². The summed E-state index contributed by atoms with van der Waals surface area (Å²) in [7, 11) is -3.75. The number of nitrogens with zero attached hydrogens (tertiary/aromatic N) is 1. The molecule has 8 heteroatoms. The molecule has 26 heavy (non-hydrogen) atoms. The zero-order valence-electron chi connectivity index (χ0n) is 14.3. The molecule has 0 bridgehead atoms. The van der Waals surface area contributed by atoms with Crippen molar-refractivity contribution in [2.24, 2.45) is 5.14 Å². The summed E-state index contributed by atoms with van der Waals surface area (Å²) in [5.41, 5.74) is 1.68. The predicted octanol–water partition coefficient (Wildman–Crippen LogP) is 1.68. The molecule has 0 aliphatic carbocycles. The first kappa shape index (κ1) is 18.5. The number of amides is 1. The number of benzene rings is 2. The normalized spacial score (nSPS) is 17.7. The lowest BCUT2D eigenvalue weighted by Gasteiger charge is -2.18. The molecule has 1 atom stereocenters. The van der Waals surface area contributed by atoms with Gasteiger partial charge in [-0.15, -0.1) is 0 Å². The molecular weight excluding hydrogens is 357 g/mol. The molecule has 3 rings (SSSR count). The number of halogens is 1. The average molecular weight is 377 g/mol. The van der Waals surface area contributed by atoms with Crippen molar-refractivity contribution >= 4 is 21.6 Å². The second-order valence-corrected chi connectivity index (χ2v) is 7.84. The molecule has 0 saturated carbocycles. The van der Waals surface area contributed by atoms with Crippen LogP contribution in [0.1, 0.15) is 17.5 Å². The third-order valence-electron chi connectivity index (χ3n) is 4.45. The lowest BCUT2D eigenvalue weighted by Crippen LogP contribution is -2.38. The predicted molar refractivity (Wildman–Crippen MR) is 96.5 cm³/mol. The van der Waals surface area contributed by atoms with E-state index in [4.69, 9.17) is 5.14 Å². The summed E-state index contributed by atoms with van der Waals surface area (Å²) in [5.74, 6) is -0.594. The van der Waals surface area contributed by atoms with Crippen LogP contribution in [0.25, 0.3) is 0 Å². The maximum atomic E-state index is 13.9. The van der Waals surface area contributed by atoms with Gasteiger partial charge in [-0.25, -0.2) is 17.9 Å². The van der Waals surface area contributed by atoms with E-state index < -0.39 is 21.9 Å². The van der Waals surface area contributed by atoms with Gasteiger partial charge in [0.05, 0.1) is 16.6 Å². The first-order chi connectivity index (χ1) is 12.3. The number of carbonyl (C=O) groups excluding carboxylic acids is 1. The van der Waals surface area contributed by atoms with Gasteiger partial charge in [-0.05, 0) is 42.7 Å². The molecule has 6 nitrogen and oxygen atoms in total. The summed E-state index contributed by atoms with van der Waals surface area (Å²) in [6.45, 7) is 2.51. The molecule has 1 unspecified atom stereocenters. The first-order valence-electron chi connectivity index (χ1n) is 8.19. The maximum absolute atomic E-state index is 13.9. The number of aryl methyl sites for hydroxylation is 1. The van der Waals surface area contributed by atoms with Gasteiger partial charge in [0.1, 0.15) is 5.82 Å². The molecule has 2 aromatic carbocycles. The third-order valence-corrected chi connectivity index (χ3v) is 5.52. The minimum absolute atomic E-state index is 0.0870. The van der Waals surface area contributed by atoms with Gasteiger partial charge in [0.15, 0.2) is 0 Å². The van der Waals surface area contributed by atoms with Crippen LogP contribution in [0.5, 0.6) is 0 Å². The van der Waals surface area contributed by atoms with Gasteiger partial charge in [0.25, 0.3) is 0 Å². The average Bonchev–Trinajstić information content (AvgIpc) is 2.93. The van der Waals surface area contributed by atoms with Crippen LogP contribution in [-0.4, -0.2) is 26.9 Å². The molecule has 0 radical (unpaired) electrons. The molecule has 3 N–H and O–H groups in total. The maximum Gasteiger partial charge on any atom is 0.244 e. The lowest BCUT2D eigenvalue weighted by atomic mass is 10.1.